The van der Waals surface area contributed by atoms with E-state index < -0.39 is 5.97 Å². The average molecular weight is 331 g/mol. The van der Waals surface area contributed by atoms with Crippen LogP contribution in [0.25, 0.3) is 0 Å². The van der Waals surface area contributed by atoms with Crippen molar-refractivity contribution in [2.75, 3.05) is 20.2 Å². The van der Waals surface area contributed by atoms with Crippen molar-refractivity contribution in [2.45, 2.75) is 33.4 Å². The normalized spacial score (nSPS) is 17.5. The van der Waals surface area contributed by atoms with E-state index in [1.54, 1.807) is 13.8 Å². The van der Waals surface area contributed by atoms with Crippen molar-refractivity contribution in [3.63, 3.8) is 0 Å². The summed E-state index contributed by atoms with van der Waals surface area (Å²) in [5.74, 6) is -0.392. The fraction of sp³-hybridized carbons (Fsp3) is 0.444. The second-order valence-electron chi connectivity index (χ2n) is 6.03. The minimum atomic E-state index is -0.392. The summed E-state index contributed by atoms with van der Waals surface area (Å²) in [5.41, 5.74) is 3.51. The monoisotopic (exact) mass is 331 g/mol. The Morgan fingerprint density at radius 3 is 2.67 bits per heavy atom. The van der Waals surface area contributed by atoms with Gasteiger partial charge in [0.1, 0.15) is 0 Å². The number of hydrogen-bond acceptors (Lipinski definition) is 4. The maximum Gasteiger partial charge on any atom is 0.337 e. The third-order valence-electron chi connectivity index (χ3n) is 4.00. The molecule has 6 heteroatoms. The quantitative estimate of drug-likeness (QED) is 0.782. The molecule has 2 amide bonds. The van der Waals surface area contributed by atoms with Gasteiger partial charge in [-0.3, -0.25) is 4.90 Å². The number of likely N-dealkylation sites (N-methyl/N-ethyl adjacent to an activating group) is 1. The summed E-state index contributed by atoms with van der Waals surface area (Å²) < 4.78 is 5.13. The van der Waals surface area contributed by atoms with Crippen molar-refractivity contribution in [2.24, 2.45) is 0 Å². The Labute approximate surface area is 142 Å². The molecule has 1 aliphatic heterocycles. The number of nitrogens with zero attached hydrogens (tertiary/aromatic N) is 1. The van der Waals surface area contributed by atoms with Gasteiger partial charge in [-0.05, 0) is 38.9 Å². The predicted octanol–water partition coefficient (Wildman–Crippen LogP) is 1.95. The summed E-state index contributed by atoms with van der Waals surface area (Å²) in [6.07, 6.45) is 0. The highest BCUT2D eigenvalue weighted by atomic mass is 16.5. The van der Waals surface area contributed by atoms with Gasteiger partial charge in [0.05, 0.1) is 18.2 Å². The first kappa shape index (κ1) is 18.0. The van der Waals surface area contributed by atoms with Gasteiger partial charge in [0.15, 0.2) is 0 Å². The zero-order valence-corrected chi connectivity index (χ0v) is 14.7. The Kier molecular flexibility index (Phi) is 5.98. The van der Waals surface area contributed by atoms with Gasteiger partial charge >= 0.3 is 12.0 Å². The molecule has 0 aliphatic carbocycles. The number of urea groups is 1. The highest BCUT2D eigenvalue weighted by Crippen LogP contribution is 2.16. The molecule has 0 saturated heterocycles. The van der Waals surface area contributed by atoms with Crippen LogP contribution in [0.4, 0.5) is 4.79 Å². The van der Waals surface area contributed by atoms with Gasteiger partial charge < -0.3 is 15.4 Å². The van der Waals surface area contributed by atoms with Gasteiger partial charge in [-0.1, -0.05) is 24.3 Å². The molecule has 1 aromatic carbocycles. The number of hydrogen-bond donors (Lipinski definition) is 2. The maximum atomic E-state index is 12.2. The Morgan fingerprint density at radius 2 is 2.00 bits per heavy atom. The van der Waals surface area contributed by atoms with Crippen molar-refractivity contribution in [1.82, 2.24) is 15.5 Å². The largest absolute Gasteiger partial charge is 0.463 e. The summed E-state index contributed by atoms with van der Waals surface area (Å²) in [6.45, 7) is 7.11. The van der Waals surface area contributed by atoms with E-state index in [0.29, 0.717) is 24.4 Å². The summed E-state index contributed by atoms with van der Waals surface area (Å²) in [7, 11) is 1.96. The molecule has 0 bridgehead atoms. The fourth-order valence-electron chi connectivity index (χ4n) is 2.81. The molecule has 1 atom stereocenters. The van der Waals surface area contributed by atoms with Gasteiger partial charge in [0.2, 0.25) is 0 Å². The Hall–Kier alpha value is -2.34. The molecule has 6 nitrogen and oxygen atoms in total. The molecule has 130 valence electrons. The van der Waals surface area contributed by atoms with Crippen molar-refractivity contribution in [3.05, 3.63) is 46.7 Å². The van der Waals surface area contributed by atoms with Crippen LogP contribution in [0.1, 0.15) is 25.0 Å². The Morgan fingerprint density at radius 1 is 1.29 bits per heavy atom. The van der Waals surface area contributed by atoms with E-state index in [0.717, 1.165) is 6.54 Å². The van der Waals surface area contributed by atoms with Crippen LogP contribution >= 0.6 is 0 Å². The predicted molar refractivity (Wildman–Crippen MR) is 92.3 cm³/mol. The third-order valence-corrected chi connectivity index (χ3v) is 4.00. The van der Waals surface area contributed by atoms with E-state index in [4.69, 9.17) is 4.74 Å². The lowest BCUT2D eigenvalue weighted by atomic mass is 10.0. The minimum Gasteiger partial charge on any atom is -0.463 e. The number of aryl methyl sites for hydroxylation is 1. The van der Waals surface area contributed by atoms with Crippen LogP contribution in [0.15, 0.2) is 35.5 Å². The number of rotatable bonds is 6. The van der Waals surface area contributed by atoms with E-state index in [2.05, 4.69) is 34.6 Å². The number of esters is 1. The van der Waals surface area contributed by atoms with E-state index in [1.165, 1.54) is 11.1 Å². The lowest BCUT2D eigenvalue weighted by Gasteiger charge is -2.29. The first-order valence-corrected chi connectivity index (χ1v) is 8.13. The molecule has 1 heterocycles. The molecule has 0 spiro atoms. The molecule has 0 aromatic heterocycles. The second kappa shape index (κ2) is 7.97. The van der Waals surface area contributed by atoms with Crippen LogP contribution in [-0.4, -0.2) is 43.1 Å². The zero-order chi connectivity index (χ0) is 17.7. The lowest BCUT2D eigenvalue weighted by molar-refractivity contribution is -0.139. The highest BCUT2D eigenvalue weighted by Gasteiger charge is 2.30. The van der Waals surface area contributed by atoms with Crippen LogP contribution in [-0.2, 0) is 16.1 Å². The molecular formula is C18H25N3O3. The fourth-order valence-corrected chi connectivity index (χ4v) is 2.81. The van der Waals surface area contributed by atoms with Crippen LogP contribution in [0.5, 0.6) is 0 Å². The molecule has 0 radical (unpaired) electrons. The highest BCUT2D eigenvalue weighted by molar-refractivity contribution is 5.94. The molecular weight excluding hydrogens is 306 g/mol. The van der Waals surface area contributed by atoms with Gasteiger partial charge in [0.25, 0.3) is 0 Å². The molecule has 0 fully saturated rings. The topological polar surface area (TPSA) is 70.7 Å². The molecule has 1 aliphatic rings. The van der Waals surface area contributed by atoms with E-state index in [-0.39, 0.29) is 12.1 Å². The number of carbonyl (C=O) groups excluding carboxylic acids is 2. The summed E-state index contributed by atoms with van der Waals surface area (Å²) in [4.78, 5) is 26.1. The summed E-state index contributed by atoms with van der Waals surface area (Å²) >= 11 is 0. The average Bonchev–Trinajstić information content (AvgIpc) is 2.49. The zero-order valence-electron chi connectivity index (χ0n) is 14.7. The molecule has 1 unspecified atom stereocenters. The maximum absolute atomic E-state index is 12.2. The SMILES string of the molecule is CCOC(=O)C1=C(CN(C)Cc2ccccc2C)NC(=O)NC1C. The summed E-state index contributed by atoms with van der Waals surface area (Å²) in [5, 5.41) is 5.46. The van der Waals surface area contributed by atoms with E-state index in [9.17, 15) is 9.59 Å². The standard InChI is InChI=1S/C18H25N3O3/c1-5-24-17(22)16-13(3)19-18(23)20-15(16)11-21(4)10-14-9-7-6-8-12(14)2/h6-9,13H,5,10-11H2,1-4H3,(H2,19,20,23). The number of carbonyl (C=O) groups is 2. The third kappa shape index (κ3) is 4.35. The van der Waals surface area contributed by atoms with Gasteiger partial charge in [0, 0.05) is 18.8 Å². The van der Waals surface area contributed by atoms with Crippen LogP contribution < -0.4 is 10.6 Å². The number of ether oxygens (including phenoxy) is 1. The smallest absolute Gasteiger partial charge is 0.337 e. The second-order valence-corrected chi connectivity index (χ2v) is 6.03. The van der Waals surface area contributed by atoms with E-state index >= 15 is 0 Å². The van der Waals surface area contributed by atoms with Crippen molar-refractivity contribution < 1.29 is 14.3 Å². The summed E-state index contributed by atoms with van der Waals surface area (Å²) in [6, 6.07) is 7.49. The molecule has 0 saturated carbocycles. The molecule has 2 rings (SSSR count). The van der Waals surface area contributed by atoms with Crippen molar-refractivity contribution in [3.8, 4) is 0 Å². The van der Waals surface area contributed by atoms with Gasteiger partial charge in [-0.25, -0.2) is 9.59 Å². The number of amides is 2. The Bertz CT molecular complexity index is 655. The molecule has 2 N–H and O–H groups in total. The van der Waals surface area contributed by atoms with Crippen molar-refractivity contribution >= 4 is 12.0 Å². The van der Waals surface area contributed by atoms with Crippen LogP contribution in [0, 0.1) is 6.92 Å². The minimum absolute atomic E-state index is 0.296. The first-order chi connectivity index (χ1) is 11.4. The number of nitrogens with one attached hydrogen (secondary N) is 2. The molecule has 1 aromatic rings. The Balaban J connectivity index is 2.19. The van der Waals surface area contributed by atoms with E-state index in [1.807, 2.05) is 19.2 Å². The van der Waals surface area contributed by atoms with Crippen LogP contribution in [0.2, 0.25) is 0 Å². The van der Waals surface area contributed by atoms with Gasteiger partial charge in [-0.15, -0.1) is 0 Å². The first-order valence-electron chi connectivity index (χ1n) is 8.13. The molecule has 24 heavy (non-hydrogen) atoms. The number of benzene rings is 1. The lowest BCUT2D eigenvalue weighted by Crippen LogP contribution is -2.51. The van der Waals surface area contributed by atoms with Crippen LogP contribution in [0.3, 0.4) is 0 Å². The van der Waals surface area contributed by atoms with Crippen molar-refractivity contribution in [1.29, 1.82) is 0 Å². The van der Waals surface area contributed by atoms with Gasteiger partial charge in [-0.2, -0.15) is 0 Å².